The van der Waals surface area contributed by atoms with Crippen LogP contribution in [0.3, 0.4) is 0 Å². The quantitative estimate of drug-likeness (QED) is 0.592. The number of nitrogens with zero attached hydrogens (tertiary/aromatic N) is 2. The molecule has 0 aliphatic rings. The summed E-state index contributed by atoms with van der Waals surface area (Å²) in [4.78, 5) is 3.91. The molecule has 1 aromatic rings. The van der Waals surface area contributed by atoms with Crippen molar-refractivity contribution >= 4 is 0 Å². The van der Waals surface area contributed by atoms with Gasteiger partial charge in [-0.3, -0.25) is 0 Å². The molecule has 0 aliphatic carbocycles. The maximum atomic E-state index is 8.55. The van der Waals surface area contributed by atoms with Gasteiger partial charge in [0.05, 0.1) is 0 Å². The number of hydrogen-bond donors (Lipinski definition) is 2. The molecule has 0 radical (unpaired) electrons. The zero-order valence-corrected chi connectivity index (χ0v) is 8.28. The standard InChI is InChI=1S/C9H17N3O2/c13-7-3-1-2-5-10-6-4-9-11-8-12-14-9/h8,10,13H,1-7H2. The van der Waals surface area contributed by atoms with Gasteiger partial charge in [-0.25, -0.2) is 0 Å². The third-order valence-electron chi connectivity index (χ3n) is 1.93. The van der Waals surface area contributed by atoms with Gasteiger partial charge >= 0.3 is 0 Å². The Hall–Kier alpha value is -0.940. The molecule has 5 nitrogen and oxygen atoms in total. The Kier molecular flexibility index (Phi) is 5.94. The second-order valence-corrected chi connectivity index (χ2v) is 3.12. The molecule has 1 rings (SSSR count). The number of hydrogen-bond acceptors (Lipinski definition) is 5. The summed E-state index contributed by atoms with van der Waals surface area (Å²) in [6, 6.07) is 0. The molecule has 0 amide bonds. The smallest absolute Gasteiger partial charge is 0.227 e. The van der Waals surface area contributed by atoms with Gasteiger partial charge in [-0.1, -0.05) is 5.16 Å². The summed E-state index contributed by atoms with van der Waals surface area (Å²) in [6.07, 6.45) is 5.26. The Labute approximate surface area is 83.5 Å². The summed E-state index contributed by atoms with van der Waals surface area (Å²) in [5.41, 5.74) is 0. The number of aliphatic hydroxyl groups excluding tert-OH is 1. The van der Waals surface area contributed by atoms with E-state index in [-0.39, 0.29) is 0 Å². The minimum absolute atomic E-state index is 0.294. The van der Waals surface area contributed by atoms with Crippen molar-refractivity contribution < 1.29 is 9.63 Å². The Morgan fingerprint density at radius 2 is 2.21 bits per heavy atom. The van der Waals surface area contributed by atoms with Crippen molar-refractivity contribution in [3.63, 3.8) is 0 Å². The Bertz CT molecular complexity index is 214. The van der Waals surface area contributed by atoms with Gasteiger partial charge in [0, 0.05) is 19.6 Å². The van der Waals surface area contributed by atoms with E-state index < -0.39 is 0 Å². The van der Waals surface area contributed by atoms with E-state index in [2.05, 4.69) is 15.5 Å². The third kappa shape index (κ3) is 4.94. The van der Waals surface area contributed by atoms with Crippen LogP contribution in [0, 0.1) is 0 Å². The zero-order chi connectivity index (χ0) is 10.1. The molecular weight excluding hydrogens is 182 g/mol. The van der Waals surface area contributed by atoms with E-state index in [4.69, 9.17) is 9.63 Å². The van der Waals surface area contributed by atoms with E-state index in [1.165, 1.54) is 6.33 Å². The van der Waals surface area contributed by atoms with E-state index in [0.717, 1.165) is 38.8 Å². The highest BCUT2D eigenvalue weighted by Crippen LogP contribution is 1.93. The molecule has 0 spiro atoms. The lowest BCUT2D eigenvalue weighted by Crippen LogP contribution is -2.18. The fourth-order valence-corrected chi connectivity index (χ4v) is 1.17. The number of unbranched alkanes of at least 4 members (excludes halogenated alkanes) is 2. The average Bonchev–Trinajstić information content (AvgIpc) is 2.69. The van der Waals surface area contributed by atoms with Crippen molar-refractivity contribution in [2.45, 2.75) is 25.7 Å². The predicted octanol–water partition coefficient (Wildman–Crippen LogP) is 0.364. The first-order chi connectivity index (χ1) is 6.93. The van der Waals surface area contributed by atoms with Crippen LogP contribution in [0.15, 0.2) is 10.9 Å². The van der Waals surface area contributed by atoms with E-state index in [1.807, 2.05) is 0 Å². The Morgan fingerprint density at radius 3 is 2.93 bits per heavy atom. The molecule has 0 atom stereocenters. The molecule has 5 heteroatoms. The topological polar surface area (TPSA) is 71.2 Å². The van der Waals surface area contributed by atoms with E-state index >= 15 is 0 Å². The number of aromatic nitrogens is 2. The molecule has 0 aromatic carbocycles. The lowest BCUT2D eigenvalue weighted by Gasteiger charge is -2.01. The van der Waals surface area contributed by atoms with Gasteiger partial charge in [-0.2, -0.15) is 4.98 Å². The summed E-state index contributed by atoms with van der Waals surface area (Å²) in [5, 5.41) is 15.3. The van der Waals surface area contributed by atoms with Gasteiger partial charge in [-0.15, -0.1) is 0 Å². The first kappa shape index (κ1) is 11.1. The van der Waals surface area contributed by atoms with Crippen molar-refractivity contribution in [1.82, 2.24) is 15.5 Å². The van der Waals surface area contributed by atoms with Crippen molar-refractivity contribution in [3.8, 4) is 0 Å². The number of aliphatic hydroxyl groups is 1. The van der Waals surface area contributed by atoms with E-state index in [0.29, 0.717) is 12.5 Å². The summed E-state index contributed by atoms with van der Waals surface area (Å²) in [5.74, 6) is 0.674. The highest BCUT2D eigenvalue weighted by atomic mass is 16.5. The van der Waals surface area contributed by atoms with Gasteiger partial charge < -0.3 is 14.9 Å². The van der Waals surface area contributed by atoms with Gasteiger partial charge in [-0.05, 0) is 25.8 Å². The van der Waals surface area contributed by atoms with Crippen LogP contribution in [-0.4, -0.2) is 34.9 Å². The van der Waals surface area contributed by atoms with Crippen LogP contribution in [0.5, 0.6) is 0 Å². The number of nitrogens with one attached hydrogen (secondary N) is 1. The van der Waals surface area contributed by atoms with Crippen molar-refractivity contribution in [1.29, 1.82) is 0 Å². The van der Waals surface area contributed by atoms with Crippen LogP contribution in [0.2, 0.25) is 0 Å². The lowest BCUT2D eigenvalue weighted by atomic mass is 10.2. The summed E-state index contributed by atoms with van der Waals surface area (Å²) in [7, 11) is 0. The number of rotatable bonds is 8. The summed E-state index contributed by atoms with van der Waals surface area (Å²) in [6.45, 7) is 2.14. The summed E-state index contributed by atoms with van der Waals surface area (Å²) < 4.78 is 4.84. The lowest BCUT2D eigenvalue weighted by molar-refractivity contribution is 0.283. The molecule has 14 heavy (non-hydrogen) atoms. The maximum absolute atomic E-state index is 8.55. The fraction of sp³-hybridized carbons (Fsp3) is 0.778. The molecule has 0 unspecified atom stereocenters. The normalized spacial score (nSPS) is 10.6. The average molecular weight is 199 g/mol. The van der Waals surface area contributed by atoms with Crippen molar-refractivity contribution in [2.24, 2.45) is 0 Å². The van der Waals surface area contributed by atoms with Crippen LogP contribution in [0.1, 0.15) is 25.2 Å². The fourth-order valence-electron chi connectivity index (χ4n) is 1.17. The zero-order valence-electron chi connectivity index (χ0n) is 8.28. The monoisotopic (exact) mass is 199 g/mol. The molecule has 1 heterocycles. The third-order valence-corrected chi connectivity index (χ3v) is 1.93. The Balaban J connectivity index is 1.85. The molecule has 0 aliphatic heterocycles. The minimum Gasteiger partial charge on any atom is -0.396 e. The van der Waals surface area contributed by atoms with Crippen molar-refractivity contribution in [2.75, 3.05) is 19.7 Å². The largest absolute Gasteiger partial charge is 0.396 e. The molecule has 80 valence electrons. The predicted molar refractivity (Wildman–Crippen MR) is 51.8 cm³/mol. The van der Waals surface area contributed by atoms with Crippen LogP contribution in [0.4, 0.5) is 0 Å². The first-order valence-electron chi connectivity index (χ1n) is 5.00. The summed E-state index contributed by atoms with van der Waals surface area (Å²) >= 11 is 0. The van der Waals surface area contributed by atoms with Crippen LogP contribution < -0.4 is 5.32 Å². The SMILES string of the molecule is OCCCCCNCCc1ncno1. The van der Waals surface area contributed by atoms with Crippen LogP contribution in [-0.2, 0) is 6.42 Å². The van der Waals surface area contributed by atoms with Gasteiger partial charge in [0.1, 0.15) is 0 Å². The van der Waals surface area contributed by atoms with E-state index in [9.17, 15) is 0 Å². The Morgan fingerprint density at radius 1 is 1.29 bits per heavy atom. The second-order valence-electron chi connectivity index (χ2n) is 3.12. The van der Waals surface area contributed by atoms with Gasteiger partial charge in [0.25, 0.3) is 0 Å². The minimum atomic E-state index is 0.294. The van der Waals surface area contributed by atoms with Crippen LogP contribution in [0.25, 0.3) is 0 Å². The molecule has 0 fully saturated rings. The molecule has 1 aromatic heterocycles. The molecule has 0 saturated carbocycles. The molecular formula is C9H17N3O2. The van der Waals surface area contributed by atoms with Crippen molar-refractivity contribution in [3.05, 3.63) is 12.2 Å². The van der Waals surface area contributed by atoms with Crippen LogP contribution >= 0.6 is 0 Å². The first-order valence-corrected chi connectivity index (χ1v) is 5.00. The van der Waals surface area contributed by atoms with E-state index in [1.54, 1.807) is 0 Å². The van der Waals surface area contributed by atoms with Gasteiger partial charge in [0.15, 0.2) is 6.33 Å². The maximum Gasteiger partial charge on any atom is 0.227 e. The second kappa shape index (κ2) is 7.46. The van der Waals surface area contributed by atoms with Gasteiger partial charge in [0.2, 0.25) is 5.89 Å². The highest BCUT2D eigenvalue weighted by Gasteiger charge is 1.97. The highest BCUT2D eigenvalue weighted by molar-refractivity contribution is 4.74. The molecule has 0 bridgehead atoms. The molecule has 2 N–H and O–H groups in total. The molecule has 0 saturated heterocycles.